The minimum Gasteiger partial charge on any atom is -1.00 e. The van der Waals surface area contributed by atoms with Gasteiger partial charge in [-0.2, -0.15) is 0 Å². The molecule has 4 amide bonds. The molecule has 0 aliphatic carbocycles. The molecule has 0 fully saturated rings. The molecule has 6 aromatic carbocycles. The van der Waals surface area contributed by atoms with Gasteiger partial charge >= 0.3 is 24.4 Å². The molecular formula is C69H85ClN8O8. The molecule has 17 heteroatoms. The van der Waals surface area contributed by atoms with E-state index in [1.54, 1.807) is 15.9 Å². The molecule has 0 spiro atoms. The number of para-hydroxylation sites is 1. The molecule has 8 aromatic rings. The summed E-state index contributed by atoms with van der Waals surface area (Å²) in [4.78, 5) is 73.2. The molecule has 2 N–H and O–H groups in total. The van der Waals surface area contributed by atoms with Crippen LogP contribution in [-0.4, -0.2) is 74.8 Å². The third-order valence-corrected chi connectivity index (χ3v) is 14.0. The van der Waals surface area contributed by atoms with E-state index in [0.29, 0.717) is 52.2 Å². The lowest BCUT2D eigenvalue weighted by atomic mass is 9.94. The van der Waals surface area contributed by atoms with E-state index in [9.17, 15) is 19.2 Å². The van der Waals surface area contributed by atoms with Crippen LogP contribution in [0.1, 0.15) is 150 Å². The number of benzene rings is 6. The second kappa shape index (κ2) is 26.7. The highest BCUT2D eigenvalue weighted by Gasteiger charge is 2.30. The lowest BCUT2D eigenvalue weighted by molar-refractivity contribution is -0.538. The van der Waals surface area contributed by atoms with E-state index in [-0.39, 0.29) is 12.4 Å². The Labute approximate surface area is 512 Å². The molecule has 0 atom stereocenters. The molecule has 0 aliphatic heterocycles. The number of nitrogens with zero attached hydrogens (tertiary/aromatic N) is 6. The van der Waals surface area contributed by atoms with Gasteiger partial charge in [-0.25, -0.2) is 34.1 Å². The van der Waals surface area contributed by atoms with Crippen LogP contribution in [0.4, 0.5) is 41.9 Å². The summed E-state index contributed by atoms with van der Waals surface area (Å²) in [5.74, 6) is 0. The first-order valence-corrected chi connectivity index (χ1v) is 29.6. The SMILES string of the molecule is Cc1cc2nc3cc(C)c(N(CCCCCCCCCN(C(=O)OC(C)(C)C)c4ccc5nc6c(-c7c(C)cccc7C)cc(NC(=O)OC(C)(C)C)cc6nc5c4)C(=O)OC(C)(C)C)cc3[n+](-c3ccccc3)c2cc1NC(=O)OC(C)(C)C.[Cl-]. The van der Waals surface area contributed by atoms with Crippen LogP contribution in [0.15, 0.2) is 103 Å². The molecule has 2 aromatic heterocycles. The molecule has 86 heavy (non-hydrogen) atoms. The minimum absolute atomic E-state index is 0. The van der Waals surface area contributed by atoms with Crippen molar-refractivity contribution in [1.82, 2.24) is 15.0 Å². The van der Waals surface area contributed by atoms with Crippen molar-refractivity contribution in [2.75, 3.05) is 33.5 Å². The van der Waals surface area contributed by atoms with Gasteiger partial charge in [0.25, 0.3) is 0 Å². The molecule has 0 radical (unpaired) electrons. The Morgan fingerprint density at radius 2 is 0.977 bits per heavy atom. The Balaban J connectivity index is 0.0000106. The number of halogens is 1. The second-order valence-corrected chi connectivity index (χ2v) is 26.1. The molecule has 0 aliphatic rings. The number of unbranched alkanes of at least 4 members (excludes halogenated alkanes) is 6. The average Bonchev–Trinajstić information content (AvgIpc) is 0.905. The van der Waals surface area contributed by atoms with Gasteiger partial charge in [0.1, 0.15) is 33.4 Å². The van der Waals surface area contributed by atoms with Crippen LogP contribution in [0, 0.1) is 27.7 Å². The Morgan fingerprint density at radius 3 is 1.56 bits per heavy atom. The smallest absolute Gasteiger partial charge is 0.414 e. The van der Waals surface area contributed by atoms with Crippen molar-refractivity contribution >= 4 is 91.3 Å². The van der Waals surface area contributed by atoms with Crippen LogP contribution in [0.3, 0.4) is 0 Å². The summed E-state index contributed by atoms with van der Waals surface area (Å²) in [6.07, 6.45) is 4.12. The van der Waals surface area contributed by atoms with E-state index in [4.69, 9.17) is 33.9 Å². The summed E-state index contributed by atoms with van der Waals surface area (Å²) < 4.78 is 25.4. The van der Waals surface area contributed by atoms with Gasteiger partial charge in [0.05, 0.1) is 33.4 Å². The number of fused-ring (bicyclic) bond motifs is 4. The molecule has 8 rings (SSSR count). The number of carbonyl (C=O) groups excluding carboxylic acids is 4. The molecule has 0 saturated heterocycles. The van der Waals surface area contributed by atoms with Crippen molar-refractivity contribution in [3.63, 3.8) is 0 Å². The Bertz CT molecular complexity index is 3790. The first-order chi connectivity index (χ1) is 39.9. The normalized spacial score (nSPS) is 12.0. The van der Waals surface area contributed by atoms with E-state index in [2.05, 4.69) is 41.2 Å². The summed E-state index contributed by atoms with van der Waals surface area (Å²) in [7, 11) is 0. The lowest BCUT2D eigenvalue weighted by Gasteiger charge is -2.28. The van der Waals surface area contributed by atoms with Crippen molar-refractivity contribution in [1.29, 1.82) is 0 Å². The van der Waals surface area contributed by atoms with Crippen LogP contribution < -0.4 is 37.4 Å². The van der Waals surface area contributed by atoms with Crippen LogP contribution in [-0.2, 0) is 18.9 Å². The van der Waals surface area contributed by atoms with Crippen molar-refractivity contribution in [3.05, 3.63) is 125 Å². The zero-order valence-corrected chi connectivity index (χ0v) is 53.8. The maximum absolute atomic E-state index is 14.3. The quantitative estimate of drug-likeness (QED) is 0.0407. The number of ether oxygens (including phenoxy) is 4. The maximum atomic E-state index is 14.3. The van der Waals surface area contributed by atoms with Crippen LogP contribution >= 0.6 is 0 Å². The van der Waals surface area contributed by atoms with Gasteiger partial charge in [-0.3, -0.25) is 20.4 Å². The van der Waals surface area contributed by atoms with E-state index >= 15 is 0 Å². The van der Waals surface area contributed by atoms with Crippen LogP contribution in [0.5, 0.6) is 0 Å². The Kier molecular flexibility index (Phi) is 20.3. The van der Waals surface area contributed by atoms with Crippen molar-refractivity contribution < 1.29 is 55.1 Å². The molecule has 0 unspecified atom stereocenters. The van der Waals surface area contributed by atoms with Gasteiger partial charge in [0.15, 0.2) is 0 Å². The highest BCUT2D eigenvalue weighted by molar-refractivity contribution is 6.02. The number of hydrogen-bond donors (Lipinski definition) is 2. The highest BCUT2D eigenvalue weighted by Crippen LogP contribution is 2.37. The van der Waals surface area contributed by atoms with Crippen LogP contribution in [0.25, 0.3) is 60.9 Å². The van der Waals surface area contributed by atoms with Crippen molar-refractivity contribution in [2.45, 2.75) is 178 Å². The number of hydrogen-bond acceptors (Lipinski definition) is 11. The summed E-state index contributed by atoms with van der Waals surface area (Å²) in [5, 5.41) is 5.87. The maximum Gasteiger partial charge on any atom is 0.414 e. The number of aromatic nitrogens is 4. The number of nitrogens with one attached hydrogen (secondary N) is 2. The summed E-state index contributed by atoms with van der Waals surface area (Å²) in [6.45, 7) is 31.1. The fraction of sp³-hybridized carbons (Fsp3) is 0.420. The predicted octanol–water partition coefficient (Wildman–Crippen LogP) is 14.3. The third kappa shape index (κ3) is 16.9. The number of rotatable bonds is 16. The molecule has 2 heterocycles. The monoisotopic (exact) mass is 1190 g/mol. The first kappa shape index (κ1) is 65.4. The van der Waals surface area contributed by atoms with E-state index < -0.39 is 46.8 Å². The summed E-state index contributed by atoms with van der Waals surface area (Å²) >= 11 is 0. The van der Waals surface area contributed by atoms with Crippen LogP contribution in [0.2, 0.25) is 0 Å². The molecule has 456 valence electrons. The average molecular weight is 1190 g/mol. The number of anilines is 4. The van der Waals surface area contributed by atoms with Gasteiger partial charge in [-0.15, -0.1) is 4.57 Å². The number of aryl methyl sites for hydroxylation is 4. The van der Waals surface area contributed by atoms with E-state index in [0.717, 1.165) is 112 Å². The minimum atomic E-state index is -0.729. The van der Waals surface area contributed by atoms with Gasteiger partial charge in [0, 0.05) is 54.3 Å². The second-order valence-electron chi connectivity index (χ2n) is 26.1. The predicted molar refractivity (Wildman–Crippen MR) is 341 cm³/mol. The van der Waals surface area contributed by atoms with E-state index in [1.165, 1.54) is 0 Å². The molecule has 0 bridgehead atoms. The van der Waals surface area contributed by atoms with Gasteiger partial charge in [0.2, 0.25) is 16.7 Å². The topological polar surface area (TPSA) is 178 Å². The molecule has 0 saturated carbocycles. The highest BCUT2D eigenvalue weighted by atomic mass is 35.5. The van der Waals surface area contributed by atoms with Crippen molar-refractivity contribution in [3.8, 4) is 16.8 Å². The van der Waals surface area contributed by atoms with Gasteiger partial charge < -0.3 is 31.4 Å². The molecule has 16 nitrogen and oxygen atoms in total. The summed E-state index contributed by atoms with van der Waals surface area (Å²) in [5.41, 5.74) is 11.7. The third-order valence-electron chi connectivity index (χ3n) is 14.0. The summed E-state index contributed by atoms with van der Waals surface area (Å²) in [6, 6.07) is 33.4. The van der Waals surface area contributed by atoms with E-state index in [1.807, 2.05) is 182 Å². The first-order valence-electron chi connectivity index (χ1n) is 29.6. The van der Waals surface area contributed by atoms with Gasteiger partial charge in [-0.05, 0) is 194 Å². The fourth-order valence-corrected chi connectivity index (χ4v) is 10.4. The fourth-order valence-electron chi connectivity index (χ4n) is 10.4. The Morgan fingerprint density at radius 1 is 0.465 bits per heavy atom. The van der Waals surface area contributed by atoms with Gasteiger partial charge in [-0.1, -0.05) is 68.5 Å². The molecular weight excluding hydrogens is 1100 g/mol. The zero-order chi connectivity index (χ0) is 61.8. The largest absolute Gasteiger partial charge is 1.00 e. The number of amides is 4. The van der Waals surface area contributed by atoms with Crippen molar-refractivity contribution in [2.24, 2.45) is 0 Å². The number of carbonyl (C=O) groups is 4. The Hall–Kier alpha value is -8.11. The lowest BCUT2D eigenvalue weighted by Crippen LogP contribution is -3.00. The standard InChI is InChI=1S/C69H84N8O8.ClH/c1-43-28-27-29-44(2)60(43)50-38-47(70-62(78)82-66(5,6)7)39-56-61(50)73-51-33-32-49(40-53(51)71-56)75(64(80)84-68(11,12)13)34-25-20-18-17-19-21-26-35-76(65(81)85-69(14,15)16)57-42-59-55(37-46(57)4)72-54-36-45(3)52(74-63(79)83-67(8,9)10)41-58(54)77(59)48-30-23-22-24-31-48;/h22-24,27-33,36-42H,17-21,25-26,34-35H2,1-16H3,(H,70,71,78);1H. The zero-order valence-electron chi connectivity index (χ0n) is 53.0.